The number of benzene rings is 2. The third-order valence-corrected chi connectivity index (χ3v) is 7.75. The van der Waals surface area contributed by atoms with Gasteiger partial charge in [0.25, 0.3) is 0 Å². The van der Waals surface area contributed by atoms with Gasteiger partial charge in [0.15, 0.2) is 0 Å². The summed E-state index contributed by atoms with van der Waals surface area (Å²) in [5, 5.41) is 26.6. The molecule has 0 atom stereocenters. The lowest BCUT2D eigenvalue weighted by atomic mass is 10.2. The molecule has 0 bridgehead atoms. The number of aromatic hydroxyl groups is 2. The van der Waals surface area contributed by atoms with Crippen LogP contribution in [0.2, 0.25) is 0 Å². The van der Waals surface area contributed by atoms with Crippen LogP contribution in [0, 0.1) is 48.2 Å². The van der Waals surface area contributed by atoms with Crippen LogP contribution >= 0.6 is 67.8 Å². The van der Waals surface area contributed by atoms with E-state index in [0.29, 0.717) is 26.1 Å². The highest BCUT2D eigenvalue weighted by Gasteiger charge is 2.12. The normalized spacial score (nSPS) is 9.39. The van der Waals surface area contributed by atoms with Gasteiger partial charge in [-0.25, -0.2) is 9.97 Å². The molecule has 13 heteroatoms. The van der Waals surface area contributed by atoms with Crippen molar-refractivity contribution in [3.8, 4) is 35.2 Å². The van der Waals surface area contributed by atoms with E-state index >= 15 is 0 Å². The van der Waals surface area contributed by atoms with Gasteiger partial charge in [0.2, 0.25) is 0 Å². The first-order valence-corrected chi connectivity index (χ1v) is 14.6. The lowest BCUT2D eigenvalue weighted by Crippen LogP contribution is -1.90. The van der Waals surface area contributed by atoms with Crippen LogP contribution in [0.15, 0.2) is 64.8 Å². The van der Waals surface area contributed by atoms with Crippen molar-refractivity contribution in [2.75, 3.05) is 0 Å². The molecule has 0 aliphatic heterocycles. The lowest BCUT2D eigenvalue weighted by Gasteiger charge is -2.06. The maximum atomic E-state index is 10.0. The fourth-order valence-electron chi connectivity index (χ4n) is 3.09. The second-order valence-electron chi connectivity index (χ2n) is 7.94. The summed E-state index contributed by atoms with van der Waals surface area (Å²) in [6.07, 6.45) is 0. The Bertz CT molecular complexity index is 1860. The van der Waals surface area contributed by atoms with Gasteiger partial charge >= 0.3 is 0 Å². The van der Waals surface area contributed by atoms with Crippen molar-refractivity contribution in [1.82, 2.24) is 9.97 Å². The predicted octanol–water partition coefficient (Wildman–Crippen LogP) is 8.69. The van der Waals surface area contributed by atoms with Crippen LogP contribution in [0.1, 0.15) is 33.9 Å². The van der Waals surface area contributed by atoms with E-state index in [9.17, 15) is 10.2 Å². The van der Waals surface area contributed by atoms with Crippen molar-refractivity contribution in [1.29, 1.82) is 0 Å². The van der Waals surface area contributed by atoms with Gasteiger partial charge in [-0.3, -0.25) is 0 Å². The number of phenolic OH excluding ortho intramolecular Hbond substituents is 2. The Morgan fingerprint density at radius 2 is 1.27 bits per heavy atom. The minimum Gasteiger partial charge on any atom is -0.507 e. The minimum atomic E-state index is -0.0929. The second-order valence-corrected chi connectivity index (χ2v) is 11.3. The van der Waals surface area contributed by atoms with Crippen molar-refractivity contribution >= 4 is 79.1 Å². The number of pyridine rings is 2. The molecule has 4 aromatic rings. The lowest BCUT2D eigenvalue weighted by molar-refractivity contribution is 0.472. The van der Waals surface area contributed by atoms with Crippen LogP contribution in [0.4, 0.5) is 11.4 Å². The molecule has 0 saturated carbocycles. The van der Waals surface area contributed by atoms with Crippen LogP contribution in [-0.4, -0.2) is 20.2 Å². The molecule has 2 aromatic carbocycles. The van der Waals surface area contributed by atoms with E-state index in [-0.39, 0.29) is 22.9 Å². The summed E-state index contributed by atoms with van der Waals surface area (Å²) in [6.45, 7) is 3.80. The number of halogens is 3. The first-order valence-electron chi connectivity index (χ1n) is 11.4. The highest BCUT2D eigenvalue weighted by atomic mass is 127. The van der Waals surface area contributed by atoms with Gasteiger partial charge in [-0.2, -0.15) is 0 Å². The average molecular weight is 878 g/mol. The topological polar surface area (TPSA) is 164 Å². The number of rotatable bonds is 2. The maximum Gasteiger partial charge on any atom is 0.139 e. The first-order chi connectivity index (χ1) is 19.6. The van der Waals surface area contributed by atoms with Gasteiger partial charge < -0.3 is 10.2 Å². The van der Waals surface area contributed by atoms with Crippen LogP contribution in [0.3, 0.4) is 0 Å². The van der Waals surface area contributed by atoms with Gasteiger partial charge in [-0.15, -0.1) is 0 Å². The summed E-state index contributed by atoms with van der Waals surface area (Å²) in [4.78, 5) is 13.9. The van der Waals surface area contributed by atoms with Gasteiger partial charge in [0, 0.05) is 33.9 Å². The quantitative estimate of drug-likeness (QED) is 0.0678. The molecule has 41 heavy (non-hydrogen) atoms. The summed E-state index contributed by atoms with van der Waals surface area (Å²) in [6, 6.07) is 15.9. The predicted molar refractivity (Wildman–Crippen MR) is 182 cm³/mol. The number of phenols is 2. The van der Waals surface area contributed by atoms with Crippen molar-refractivity contribution in [3.63, 3.8) is 0 Å². The summed E-state index contributed by atoms with van der Waals surface area (Å²) in [5.41, 5.74) is 21.7. The summed E-state index contributed by atoms with van der Waals surface area (Å²) < 4.78 is 2.15. The highest BCUT2D eigenvalue weighted by molar-refractivity contribution is 14.1. The van der Waals surface area contributed by atoms with Gasteiger partial charge in [-0.1, -0.05) is 34.2 Å². The summed E-state index contributed by atoms with van der Waals surface area (Å²) in [5.74, 6) is 11.7. The first kappa shape index (κ1) is 31.8. The largest absolute Gasteiger partial charge is 0.507 e. The molecule has 202 valence electrons. The van der Waals surface area contributed by atoms with E-state index < -0.39 is 0 Å². The van der Waals surface area contributed by atoms with Crippen LogP contribution in [0.5, 0.6) is 11.5 Å². The summed E-state index contributed by atoms with van der Waals surface area (Å²) in [7, 11) is 0. The number of hydrogen-bond donors (Lipinski definition) is 2. The van der Waals surface area contributed by atoms with Crippen LogP contribution < -0.4 is 0 Å². The number of nitrogens with zero attached hydrogens (tertiary/aromatic N) is 8. The number of aromatic nitrogens is 2. The third-order valence-electron chi connectivity index (χ3n) is 4.96. The molecule has 2 N–H and O–H groups in total. The molecule has 4 rings (SSSR count). The summed E-state index contributed by atoms with van der Waals surface area (Å²) >= 11 is 6.15. The molecule has 2 aromatic heterocycles. The Hall–Kier alpha value is -3.73. The molecule has 0 amide bonds. The van der Waals surface area contributed by atoms with Gasteiger partial charge in [0.05, 0.1) is 20.5 Å². The minimum absolute atomic E-state index is 0.0599. The smallest absolute Gasteiger partial charge is 0.139 e. The fourth-order valence-corrected chi connectivity index (χ4v) is 5.60. The van der Waals surface area contributed by atoms with E-state index in [1.165, 1.54) is 6.07 Å². The SMILES string of the molecule is Cc1cccc(C#Cc2c(I)cc(N=[N+]=[N-])c(O)c2I)n1.Cc1cccc(C#Cc2cc(O)c(N=[N+]=[N-])cc2I)n1. The second kappa shape index (κ2) is 15.3. The van der Waals surface area contributed by atoms with E-state index in [1.807, 2.05) is 72.8 Å². The Balaban J connectivity index is 0.000000226. The number of aryl methyl sites for hydroxylation is 2. The molecular weight excluding hydrogens is 861 g/mol. The molecular formula is C28H17I3N8O2. The van der Waals surface area contributed by atoms with E-state index in [0.717, 1.165) is 18.5 Å². The Morgan fingerprint density at radius 3 is 1.83 bits per heavy atom. The molecule has 0 aliphatic rings. The monoisotopic (exact) mass is 878 g/mol. The molecule has 0 spiro atoms. The zero-order valence-corrected chi connectivity index (χ0v) is 27.8. The zero-order chi connectivity index (χ0) is 29.9. The molecule has 0 saturated heterocycles. The van der Waals surface area contributed by atoms with Gasteiger partial charge in [-0.05, 0) is 147 Å². The zero-order valence-electron chi connectivity index (χ0n) is 21.3. The number of hydrogen-bond acceptors (Lipinski definition) is 6. The standard InChI is InChI=1S/C14H8I2N4O.C14H9IN4O/c1-8-3-2-4-9(18-8)5-6-10-11(15)7-12(19-20-17)14(21)13(10)16;1-9-3-2-4-11(17-9)6-5-10-7-14(20)13(18-19-16)8-12(10)15/h2-4,7,21H,1H3;2-4,7-8,20H,1H3. The van der Waals surface area contributed by atoms with Crippen molar-refractivity contribution in [2.45, 2.75) is 13.8 Å². The van der Waals surface area contributed by atoms with Crippen molar-refractivity contribution in [2.24, 2.45) is 10.2 Å². The third kappa shape index (κ3) is 9.14. The Labute approximate surface area is 276 Å². The molecule has 10 nitrogen and oxygen atoms in total. The van der Waals surface area contributed by atoms with Gasteiger partial charge in [0.1, 0.15) is 22.9 Å². The molecule has 0 radical (unpaired) electrons. The maximum absolute atomic E-state index is 10.0. The van der Waals surface area contributed by atoms with Crippen molar-refractivity contribution < 1.29 is 10.2 Å². The molecule has 2 heterocycles. The Kier molecular flexibility index (Phi) is 11.9. The van der Waals surface area contributed by atoms with Crippen LogP contribution in [0.25, 0.3) is 20.9 Å². The van der Waals surface area contributed by atoms with E-state index in [2.05, 4.69) is 98.9 Å². The number of azide groups is 2. The van der Waals surface area contributed by atoms with Crippen molar-refractivity contribution in [3.05, 3.63) is 120 Å². The average Bonchev–Trinajstić information content (AvgIpc) is 2.93. The fraction of sp³-hybridized carbons (Fsp3) is 0.0714. The molecule has 0 fully saturated rings. The van der Waals surface area contributed by atoms with Crippen LogP contribution in [-0.2, 0) is 0 Å². The molecule has 0 unspecified atom stereocenters. The Morgan fingerprint density at radius 1 is 0.732 bits per heavy atom. The highest BCUT2D eigenvalue weighted by Crippen LogP contribution is 2.36. The van der Waals surface area contributed by atoms with E-state index in [1.54, 1.807) is 12.1 Å². The molecule has 0 aliphatic carbocycles. The van der Waals surface area contributed by atoms with E-state index in [4.69, 9.17) is 11.1 Å².